The minimum Gasteiger partial charge on any atom is -0.469 e. The Kier molecular flexibility index (Phi) is 4.05. The van der Waals surface area contributed by atoms with Crippen LogP contribution in [0.25, 0.3) is 0 Å². The van der Waals surface area contributed by atoms with Crippen molar-refractivity contribution in [1.29, 1.82) is 0 Å². The molecule has 0 bridgehead atoms. The summed E-state index contributed by atoms with van der Waals surface area (Å²) in [6, 6.07) is 17.2. The van der Waals surface area contributed by atoms with E-state index in [2.05, 4.69) is 0 Å². The summed E-state index contributed by atoms with van der Waals surface area (Å²) >= 11 is 0. The number of methoxy groups -OCH3 is 1. The SMILES string of the molecule is COC(=O)[C@H]1Cc2ccccc2[C@H]1CC(=O)c1ccccc1. The highest BCUT2D eigenvalue weighted by Crippen LogP contribution is 2.41. The van der Waals surface area contributed by atoms with E-state index in [1.54, 1.807) is 0 Å². The number of esters is 1. The van der Waals surface area contributed by atoms with Gasteiger partial charge in [-0.3, -0.25) is 9.59 Å². The minimum atomic E-state index is -0.268. The van der Waals surface area contributed by atoms with Crippen LogP contribution in [0.5, 0.6) is 0 Å². The van der Waals surface area contributed by atoms with Crippen LogP contribution in [0.15, 0.2) is 54.6 Å². The minimum absolute atomic E-state index is 0.0659. The molecule has 112 valence electrons. The van der Waals surface area contributed by atoms with Gasteiger partial charge in [-0.2, -0.15) is 0 Å². The molecule has 0 amide bonds. The molecule has 0 aromatic heterocycles. The summed E-state index contributed by atoms with van der Waals surface area (Å²) in [6.45, 7) is 0. The van der Waals surface area contributed by atoms with E-state index >= 15 is 0 Å². The van der Waals surface area contributed by atoms with E-state index in [-0.39, 0.29) is 23.6 Å². The van der Waals surface area contributed by atoms with E-state index in [9.17, 15) is 9.59 Å². The second-order valence-corrected chi connectivity index (χ2v) is 5.63. The molecule has 0 saturated carbocycles. The molecule has 0 heterocycles. The predicted octanol–water partition coefficient (Wildman–Crippen LogP) is 3.39. The van der Waals surface area contributed by atoms with Crippen molar-refractivity contribution >= 4 is 11.8 Å². The second-order valence-electron chi connectivity index (χ2n) is 5.63. The van der Waals surface area contributed by atoms with Crippen molar-refractivity contribution in [3.05, 3.63) is 71.3 Å². The first-order valence-corrected chi connectivity index (χ1v) is 7.44. The maximum absolute atomic E-state index is 12.5. The molecule has 0 aliphatic heterocycles. The summed E-state index contributed by atoms with van der Waals surface area (Å²) in [6.07, 6.45) is 0.983. The molecule has 3 nitrogen and oxygen atoms in total. The fraction of sp³-hybridized carbons (Fsp3) is 0.263. The lowest BCUT2D eigenvalue weighted by atomic mass is 9.86. The molecular formula is C19H18O3. The molecule has 2 aromatic rings. The Labute approximate surface area is 129 Å². The summed E-state index contributed by atoms with van der Waals surface area (Å²) in [4.78, 5) is 24.6. The zero-order chi connectivity index (χ0) is 15.5. The zero-order valence-corrected chi connectivity index (χ0v) is 12.5. The topological polar surface area (TPSA) is 43.4 Å². The van der Waals surface area contributed by atoms with Crippen LogP contribution in [0.3, 0.4) is 0 Å². The number of Topliss-reactive ketones (excluding diaryl/α,β-unsaturated/α-hetero) is 1. The highest BCUT2D eigenvalue weighted by atomic mass is 16.5. The third-order valence-corrected chi connectivity index (χ3v) is 4.39. The van der Waals surface area contributed by atoms with E-state index < -0.39 is 0 Å². The van der Waals surface area contributed by atoms with Crippen molar-refractivity contribution in [3.63, 3.8) is 0 Å². The van der Waals surface area contributed by atoms with Gasteiger partial charge in [0.25, 0.3) is 0 Å². The average Bonchev–Trinajstić information content (AvgIpc) is 2.93. The third-order valence-electron chi connectivity index (χ3n) is 4.39. The van der Waals surface area contributed by atoms with Crippen LogP contribution in [0, 0.1) is 5.92 Å². The van der Waals surface area contributed by atoms with Gasteiger partial charge in [0.1, 0.15) is 0 Å². The van der Waals surface area contributed by atoms with Gasteiger partial charge < -0.3 is 4.74 Å². The Morgan fingerprint density at radius 3 is 2.45 bits per heavy atom. The van der Waals surface area contributed by atoms with Crippen molar-refractivity contribution in [2.45, 2.75) is 18.8 Å². The molecule has 0 radical (unpaired) electrons. The molecule has 0 saturated heterocycles. The van der Waals surface area contributed by atoms with Crippen molar-refractivity contribution in [2.24, 2.45) is 5.92 Å². The molecule has 1 aliphatic rings. The van der Waals surface area contributed by atoms with Crippen LogP contribution in [-0.2, 0) is 16.0 Å². The highest BCUT2D eigenvalue weighted by molar-refractivity contribution is 5.97. The van der Waals surface area contributed by atoms with Gasteiger partial charge in [0.15, 0.2) is 5.78 Å². The quantitative estimate of drug-likeness (QED) is 0.641. The first-order chi connectivity index (χ1) is 10.7. The van der Waals surface area contributed by atoms with Crippen LogP contribution in [0.1, 0.15) is 33.8 Å². The van der Waals surface area contributed by atoms with Gasteiger partial charge in [-0.25, -0.2) is 0 Å². The number of ketones is 1. The van der Waals surface area contributed by atoms with Crippen LogP contribution in [-0.4, -0.2) is 18.9 Å². The lowest BCUT2D eigenvalue weighted by molar-refractivity contribution is -0.145. The molecule has 3 rings (SSSR count). The molecule has 3 heteroatoms. The summed E-state index contributed by atoms with van der Waals surface area (Å²) < 4.78 is 4.93. The summed E-state index contributed by atoms with van der Waals surface area (Å²) in [7, 11) is 1.40. The summed E-state index contributed by atoms with van der Waals surface area (Å²) in [5, 5.41) is 0. The van der Waals surface area contributed by atoms with Gasteiger partial charge in [-0.05, 0) is 17.5 Å². The summed E-state index contributed by atoms with van der Waals surface area (Å²) in [5.74, 6) is -0.537. The fourth-order valence-corrected chi connectivity index (χ4v) is 3.27. The Morgan fingerprint density at radius 2 is 1.73 bits per heavy atom. The summed E-state index contributed by atoms with van der Waals surface area (Å²) in [5.41, 5.74) is 2.93. The second kappa shape index (κ2) is 6.14. The number of rotatable bonds is 4. The van der Waals surface area contributed by atoms with Crippen molar-refractivity contribution in [1.82, 2.24) is 0 Å². The number of fused-ring (bicyclic) bond motifs is 1. The van der Waals surface area contributed by atoms with E-state index in [1.165, 1.54) is 7.11 Å². The van der Waals surface area contributed by atoms with Gasteiger partial charge in [-0.15, -0.1) is 0 Å². The predicted molar refractivity (Wildman–Crippen MR) is 83.8 cm³/mol. The number of ether oxygens (including phenoxy) is 1. The number of carbonyl (C=O) groups is 2. The first kappa shape index (κ1) is 14.5. The molecule has 2 atom stereocenters. The van der Waals surface area contributed by atoms with Crippen LogP contribution >= 0.6 is 0 Å². The van der Waals surface area contributed by atoms with Gasteiger partial charge >= 0.3 is 5.97 Å². The van der Waals surface area contributed by atoms with Crippen LogP contribution < -0.4 is 0 Å². The van der Waals surface area contributed by atoms with Crippen LogP contribution in [0.2, 0.25) is 0 Å². The number of hydrogen-bond donors (Lipinski definition) is 0. The van der Waals surface area contributed by atoms with E-state index in [1.807, 2.05) is 54.6 Å². The van der Waals surface area contributed by atoms with Crippen LogP contribution in [0.4, 0.5) is 0 Å². The van der Waals surface area contributed by atoms with Gasteiger partial charge in [0.2, 0.25) is 0 Å². The van der Waals surface area contributed by atoms with E-state index in [0.717, 1.165) is 11.1 Å². The molecule has 0 N–H and O–H groups in total. The largest absolute Gasteiger partial charge is 0.469 e. The van der Waals surface area contributed by atoms with Gasteiger partial charge in [-0.1, -0.05) is 54.6 Å². The molecule has 1 aliphatic carbocycles. The molecule has 0 fully saturated rings. The highest BCUT2D eigenvalue weighted by Gasteiger charge is 2.38. The zero-order valence-electron chi connectivity index (χ0n) is 12.5. The molecule has 0 unspecified atom stereocenters. The fourth-order valence-electron chi connectivity index (χ4n) is 3.27. The lowest BCUT2D eigenvalue weighted by Crippen LogP contribution is -2.22. The van der Waals surface area contributed by atoms with Crippen molar-refractivity contribution in [2.75, 3.05) is 7.11 Å². The van der Waals surface area contributed by atoms with E-state index in [4.69, 9.17) is 4.74 Å². The first-order valence-electron chi connectivity index (χ1n) is 7.44. The Hall–Kier alpha value is -2.42. The maximum atomic E-state index is 12.5. The normalized spacial score (nSPS) is 19.5. The van der Waals surface area contributed by atoms with E-state index in [0.29, 0.717) is 18.4 Å². The lowest BCUT2D eigenvalue weighted by Gasteiger charge is -2.18. The molecule has 22 heavy (non-hydrogen) atoms. The molecular weight excluding hydrogens is 276 g/mol. The Balaban J connectivity index is 1.88. The third kappa shape index (κ3) is 2.67. The van der Waals surface area contributed by atoms with Crippen molar-refractivity contribution in [3.8, 4) is 0 Å². The molecule has 0 spiro atoms. The smallest absolute Gasteiger partial charge is 0.309 e. The average molecular weight is 294 g/mol. The Bertz CT molecular complexity index is 691. The van der Waals surface area contributed by atoms with Gasteiger partial charge in [0, 0.05) is 17.9 Å². The number of hydrogen-bond acceptors (Lipinski definition) is 3. The standard InChI is InChI=1S/C19H18O3/c1-22-19(21)17-11-14-9-5-6-10-15(14)16(17)12-18(20)13-7-3-2-4-8-13/h2-10,16-17H,11-12H2,1H3/t16-,17+/m1/s1. The van der Waals surface area contributed by atoms with Crippen molar-refractivity contribution < 1.29 is 14.3 Å². The number of benzene rings is 2. The van der Waals surface area contributed by atoms with Gasteiger partial charge in [0.05, 0.1) is 13.0 Å². The molecule has 2 aromatic carbocycles. The Morgan fingerprint density at radius 1 is 1.05 bits per heavy atom. The number of carbonyl (C=O) groups excluding carboxylic acids is 2. The monoisotopic (exact) mass is 294 g/mol. The maximum Gasteiger partial charge on any atom is 0.309 e.